The Labute approximate surface area is 142 Å². The van der Waals surface area contributed by atoms with Gasteiger partial charge in [-0.05, 0) is 30.7 Å². The quantitative estimate of drug-likeness (QED) is 0.808. The molecule has 0 aromatic heterocycles. The van der Waals surface area contributed by atoms with Crippen molar-refractivity contribution in [3.63, 3.8) is 0 Å². The number of nitrogens with one attached hydrogen (secondary N) is 1. The third kappa shape index (κ3) is 4.98. The number of para-hydroxylation sites is 2. The number of carbonyl (C=O) groups is 1. The molecule has 1 unspecified atom stereocenters. The molecule has 0 aliphatic carbocycles. The number of halogens is 1. The molecule has 2 aromatic rings. The topological polar surface area (TPSA) is 41.6 Å². The first-order valence-corrected chi connectivity index (χ1v) is 8.07. The Morgan fingerprint density at radius 2 is 1.83 bits per heavy atom. The molecule has 4 nitrogen and oxygen atoms in total. The molecule has 0 spiro atoms. The van der Waals surface area contributed by atoms with Gasteiger partial charge < -0.3 is 15.0 Å². The van der Waals surface area contributed by atoms with Crippen molar-refractivity contribution in [2.45, 2.75) is 19.4 Å². The summed E-state index contributed by atoms with van der Waals surface area (Å²) in [7, 11) is 1.97. The number of rotatable bonds is 8. The summed E-state index contributed by atoms with van der Waals surface area (Å²) in [5, 5.41) is 2.85. The summed E-state index contributed by atoms with van der Waals surface area (Å²) < 4.78 is 19.1. The average molecular weight is 330 g/mol. The van der Waals surface area contributed by atoms with Gasteiger partial charge in [0.1, 0.15) is 0 Å². The van der Waals surface area contributed by atoms with Gasteiger partial charge in [-0.25, -0.2) is 4.39 Å². The highest BCUT2D eigenvalue weighted by Crippen LogP contribution is 2.18. The van der Waals surface area contributed by atoms with Gasteiger partial charge in [-0.15, -0.1) is 0 Å². The molecule has 0 saturated heterocycles. The molecule has 2 rings (SSSR count). The maximum absolute atomic E-state index is 13.6. The van der Waals surface area contributed by atoms with Crippen molar-refractivity contribution < 1.29 is 13.9 Å². The number of anilines is 1. The van der Waals surface area contributed by atoms with Crippen LogP contribution in [0.4, 0.5) is 10.1 Å². The second kappa shape index (κ2) is 8.91. The summed E-state index contributed by atoms with van der Waals surface area (Å²) in [6.45, 7) is 2.99. The monoisotopic (exact) mass is 330 g/mol. The molecule has 0 saturated carbocycles. The highest BCUT2D eigenvalue weighted by molar-refractivity contribution is 5.81. The van der Waals surface area contributed by atoms with E-state index in [0.717, 1.165) is 5.69 Å². The van der Waals surface area contributed by atoms with E-state index in [-0.39, 0.29) is 11.7 Å². The Morgan fingerprint density at radius 3 is 2.50 bits per heavy atom. The minimum atomic E-state index is -0.705. The smallest absolute Gasteiger partial charge is 0.261 e. The molecular formula is C19H23FN2O2. The largest absolute Gasteiger partial charge is 0.478 e. The van der Waals surface area contributed by atoms with Crippen LogP contribution < -0.4 is 15.0 Å². The number of amides is 1. The van der Waals surface area contributed by atoms with E-state index >= 15 is 0 Å². The molecule has 1 amide bonds. The van der Waals surface area contributed by atoms with Gasteiger partial charge in [-0.3, -0.25) is 4.79 Å². The van der Waals surface area contributed by atoms with Crippen LogP contribution in [-0.4, -0.2) is 32.1 Å². The SMILES string of the molecule is CCC(Oc1ccccc1F)C(=O)NCCN(C)c1ccccc1. The zero-order valence-corrected chi connectivity index (χ0v) is 14.0. The van der Waals surface area contributed by atoms with Crippen LogP contribution in [-0.2, 0) is 4.79 Å². The van der Waals surface area contributed by atoms with E-state index in [2.05, 4.69) is 10.2 Å². The van der Waals surface area contributed by atoms with E-state index in [1.807, 2.05) is 44.3 Å². The van der Waals surface area contributed by atoms with Crippen LogP contribution in [0.15, 0.2) is 54.6 Å². The summed E-state index contributed by atoms with van der Waals surface area (Å²) >= 11 is 0. The molecule has 5 heteroatoms. The lowest BCUT2D eigenvalue weighted by atomic mass is 10.2. The predicted octanol–water partition coefficient (Wildman–Crippen LogP) is 3.24. The van der Waals surface area contributed by atoms with Crippen LogP contribution in [0.1, 0.15) is 13.3 Å². The van der Waals surface area contributed by atoms with Crippen LogP contribution in [0.25, 0.3) is 0 Å². The zero-order chi connectivity index (χ0) is 17.4. The molecule has 0 heterocycles. The van der Waals surface area contributed by atoms with E-state index in [9.17, 15) is 9.18 Å². The van der Waals surface area contributed by atoms with Gasteiger partial charge in [0.25, 0.3) is 5.91 Å². The number of carbonyl (C=O) groups excluding carboxylic acids is 1. The van der Waals surface area contributed by atoms with Crippen LogP contribution >= 0.6 is 0 Å². The molecule has 0 bridgehead atoms. The third-order valence-corrected chi connectivity index (χ3v) is 3.71. The van der Waals surface area contributed by atoms with Crippen molar-refractivity contribution in [1.82, 2.24) is 5.32 Å². The molecule has 1 N–H and O–H groups in total. The van der Waals surface area contributed by atoms with Gasteiger partial charge >= 0.3 is 0 Å². The van der Waals surface area contributed by atoms with Gasteiger partial charge in [0.15, 0.2) is 17.7 Å². The fourth-order valence-electron chi connectivity index (χ4n) is 2.29. The van der Waals surface area contributed by atoms with E-state index in [1.54, 1.807) is 12.1 Å². The fourth-order valence-corrected chi connectivity index (χ4v) is 2.29. The highest BCUT2D eigenvalue weighted by atomic mass is 19.1. The first-order chi connectivity index (χ1) is 11.6. The van der Waals surface area contributed by atoms with Gasteiger partial charge in [0.2, 0.25) is 0 Å². The van der Waals surface area contributed by atoms with Crippen molar-refractivity contribution in [3.05, 3.63) is 60.4 Å². The van der Waals surface area contributed by atoms with Crippen molar-refractivity contribution in [1.29, 1.82) is 0 Å². The standard InChI is InChI=1S/C19H23FN2O2/c1-3-17(24-18-12-8-7-11-16(18)20)19(23)21-13-14-22(2)15-9-5-4-6-10-15/h4-12,17H,3,13-14H2,1-2H3,(H,21,23). The average Bonchev–Trinajstić information content (AvgIpc) is 2.61. The molecule has 24 heavy (non-hydrogen) atoms. The van der Waals surface area contributed by atoms with Gasteiger partial charge in [-0.2, -0.15) is 0 Å². The lowest BCUT2D eigenvalue weighted by molar-refractivity contribution is -0.128. The molecule has 2 aromatic carbocycles. The Morgan fingerprint density at radius 1 is 1.17 bits per heavy atom. The second-order valence-corrected chi connectivity index (χ2v) is 5.49. The minimum absolute atomic E-state index is 0.0981. The van der Waals surface area contributed by atoms with E-state index in [1.165, 1.54) is 12.1 Å². The van der Waals surface area contributed by atoms with Crippen molar-refractivity contribution in [2.75, 3.05) is 25.0 Å². The zero-order valence-electron chi connectivity index (χ0n) is 14.0. The van der Waals surface area contributed by atoms with Crippen molar-refractivity contribution >= 4 is 11.6 Å². The molecule has 0 aliphatic heterocycles. The van der Waals surface area contributed by atoms with Gasteiger partial charge in [0, 0.05) is 25.8 Å². The van der Waals surface area contributed by atoms with Crippen LogP contribution in [0, 0.1) is 5.82 Å². The lowest BCUT2D eigenvalue weighted by Crippen LogP contribution is -2.41. The Kier molecular flexibility index (Phi) is 6.61. The summed E-state index contributed by atoms with van der Waals surface area (Å²) in [6, 6.07) is 16.0. The number of nitrogens with zero attached hydrogens (tertiary/aromatic N) is 1. The van der Waals surface area contributed by atoms with Crippen molar-refractivity contribution in [2.24, 2.45) is 0 Å². The third-order valence-electron chi connectivity index (χ3n) is 3.71. The number of likely N-dealkylation sites (N-methyl/N-ethyl adjacent to an activating group) is 1. The second-order valence-electron chi connectivity index (χ2n) is 5.49. The lowest BCUT2D eigenvalue weighted by Gasteiger charge is -2.21. The van der Waals surface area contributed by atoms with E-state index < -0.39 is 11.9 Å². The molecular weight excluding hydrogens is 307 g/mol. The number of benzene rings is 2. The first kappa shape index (κ1) is 17.8. The number of ether oxygens (including phenoxy) is 1. The van der Waals surface area contributed by atoms with Crippen molar-refractivity contribution in [3.8, 4) is 5.75 Å². The van der Waals surface area contributed by atoms with Crippen LogP contribution in [0.3, 0.4) is 0 Å². The minimum Gasteiger partial charge on any atom is -0.478 e. The summed E-state index contributed by atoms with van der Waals surface area (Å²) in [6.07, 6.45) is -0.238. The Bertz CT molecular complexity index is 649. The maximum Gasteiger partial charge on any atom is 0.261 e. The Hall–Kier alpha value is -2.56. The summed E-state index contributed by atoms with van der Waals surface area (Å²) in [5.74, 6) is -0.601. The van der Waals surface area contributed by atoms with Gasteiger partial charge in [0.05, 0.1) is 0 Å². The number of hydrogen-bond donors (Lipinski definition) is 1. The first-order valence-electron chi connectivity index (χ1n) is 8.07. The number of hydrogen-bond acceptors (Lipinski definition) is 3. The maximum atomic E-state index is 13.6. The summed E-state index contributed by atoms with van der Waals surface area (Å²) in [4.78, 5) is 14.3. The molecule has 0 aliphatic rings. The van der Waals surface area contributed by atoms with E-state index in [4.69, 9.17) is 4.74 Å². The molecule has 1 atom stereocenters. The molecule has 0 radical (unpaired) electrons. The van der Waals surface area contributed by atoms with Crippen LogP contribution in [0.5, 0.6) is 5.75 Å². The van der Waals surface area contributed by atoms with E-state index in [0.29, 0.717) is 19.5 Å². The highest BCUT2D eigenvalue weighted by Gasteiger charge is 2.19. The molecule has 128 valence electrons. The van der Waals surface area contributed by atoms with Gasteiger partial charge in [-0.1, -0.05) is 37.3 Å². The summed E-state index contributed by atoms with van der Waals surface area (Å²) in [5.41, 5.74) is 1.08. The normalized spacial score (nSPS) is 11.6. The fraction of sp³-hybridized carbons (Fsp3) is 0.316. The van der Waals surface area contributed by atoms with Crippen LogP contribution in [0.2, 0.25) is 0 Å². The Balaban J connectivity index is 1.83. The molecule has 0 fully saturated rings. The predicted molar refractivity (Wildman–Crippen MR) is 93.8 cm³/mol.